The Morgan fingerprint density at radius 1 is 1.36 bits per heavy atom. The molecule has 0 radical (unpaired) electrons. The average molecular weight is 197 g/mol. The van der Waals surface area contributed by atoms with Crippen LogP contribution in [0.5, 0.6) is 0 Å². The second-order valence-corrected chi connectivity index (χ2v) is 4.80. The Labute approximate surface area is 87.5 Å². The average Bonchev–Trinajstić information content (AvgIpc) is 2.87. The molecule has 1 aliphatic carbocycles. The van der Waals surface area contributed by atoms with Crippen molar-refractivity contribution in [2.75, 3.05) is 6.54 Å². The molecule has 0 aliphatic heterocycles. The molecule has 0 aromatic rings. The number of rotatable bonds is 8. The SMILES string of the molecule is CC(C)CCCC(=O)CCNC1CC1. The predicted octanol–water partition coefficient (Wildman–Crippen LogP) is 2.52. The number of hydrogen-bond acceptors (Lipinski definition) is 2. The fraction of sp³-hybridized carbons (Fsp3) is 0.917. The number of Topliss-reactive ketones (excluding diaryl/α,β-unsaturated/α-hetero) is 1. The topological polar surface area (TPSA) is 29.1 Å². The molecule has 1 N–H and O–H groups in total. The molecular weight excluding hydrogens is 174 g/mol. The normalized spacial score (nSPS) is 16.2. The Kier molecular flexibility index (Phi) is 5.16. The third-order valence-corrected chi connectivity index (χ3v) is 2.65. The first-order valence-electron chi connectivity index (χ1n) is 5.93. The van der Waals surface area contributed by atoms with E-state index in [-0.39, 0.29) is 0 Å². The Morgan fingerprint density at radius 3 is 2.64 bits per heavy atom. The third-order valence-electron chi connectivity index (χ3n) is 2.65. The Balaban J connectivity index is 1.87. The molecular formula is C12H23NO. The van der Waals surface area contributed by atoms with Crippen molar-refractivity contribution in [3.8, 4) is 0 Å². The fourth-order valence-corrected chi connectivity index (χ4v) is 1.54. The van der Waals surface area contributed by atoms with Gasteiger partial charge in [0, 0.05) is 25.4 Å². The van der Waals surface area contributed by atoms with Crippen LogP contribution >= 0.6 is 0 Å². The summed E-state index contributed by atoms with van der Waals surface area (Å²) >= 11 is 0. The summed E-state index contributed by atoms with van der Waals surface area (Å²) in [5, 5.41) is 3.37. The molecule has 0 aromatic carbocycles. The second-order valence-electron chi connectivity index (χ2n) is 4.80. The van der Waals surface area contributed by atoms with Crippen molar-refractivity contribution in [2.24, 2.45) is 5.92 Å². The maximum atomic E-state index is 11.4. The van der Waals surface area contributed by atoms with Crippen LogP contribution < -0.4 is 5.32 Å². The minimum Gasteiger partial charge on any atom is -0.314 e. The first kappa shape index (κ1) is 11.7. The van der Waals surface area contributed by atoms with E-state index in [1.54, 1.807) is 0 Å². The van der Waals surface area contributed by atoms with E-state index in [9.17, 15) is 4.79 Å². The summed E-state index contributed by atoms with van der Waals surface area (Å²) in [5.74, 6) is 1.16. The van der Waals surface area contributed by atoms with Crippen molar-refractivity contribution in [1.29, 1.82) is 0 Å². The highest BCUT2D eigenvalue weighted by Gasteiger charge is 2.19. The molecule has 0 aromatic heterocycles. The smallest absolute Gasteiger partial charge is 0.134 e. The van der Waals surface area contributed by atoms with E-state index in [4.69, 9.17) is 0 Å². The van der Waals surface area contributed by atoms with E-state index in [0.717, 1.165) is 37.8 Å². The van der Waals surface area contributed by atoms with Gasteiger partial charge in [0.05, 0.1) is 0 Å². The van der Waals surface area contributed by atoms with Gasteiger partial charge >= 0.3 is 0 Å². The van der Waals surface area contributed by atoms with Gasteiger partial charge in [-0.1, -0.05) is 20.3 Å². The first-order chi connectivity index (χ1) is 6.68. The summed E-state index contributed by atoms with van der Waals surface area (Å²) in [7, 11) is 0. The molecule has 0 atom stereocenters. The highest BCUT2D eigenvalue weighted by molar-refractivity contribution is 5.78. The molecule has 82 valence electrons. The number of ketones is 1. The molecule has 1 saturated carbocycles. The monoisotopic (exact) mass is 197 g/mol. The lowest BCUT2D eigenvalue weighted by Gasteiger charge is -2.04. The van der Waals surface area contributed by atoms with Gasteiger partial charge in [0.25, 0.3) is 0 Å². The maximum Gasteiger partial charge on any atom is 0.134 e. The number of nitrogens with one attached hydrogen (secondary N) is 1. The van der Waals surface area contributed by atoms with Gasteiger partial charge < -0.3 is 5.32 Å². The van der Waals surface area contributed by atoms with Crippen LogP contribution in [0.1, 0.15) is 52.4 Å². The standard InChI is InChI=1S/C12H23NO/c1-10(2)4-3-5-12(14)8-9-13-11-6-7-11/h10-11,13H,3-9H2,1-2H3. The third kappa shape index (κ3) is 6.14. The molecule has 0 unspecified atom stereocenters. The van der Waals surface area contributed by atoms with Gasteiger partial charge in [-0.15, -0.1) is 0 Å². The molecule has 0 amide bonds. The van der Waals surface area contributed by atoms with Crippen LogP contribution in [0.25, 0.3) is 0 Å². The predicted molar refractivity (Wildman–Crippen MR) is 59.3 cm³/mol. The quantitative estimate of drug-likeness (QED) is 0.648. The van der Waals surface area contributed by atoms with Crippen LogP contribution in [-0.4, -0.2) is 18.4 Å². The highest BCUT2D eigenvalue weighted by atomic mass is 16.1. The van der Waals surface area contributed by atoms with Crippen LogP contribution in [0, 0.1) is 5.92 Å². The summed E-state index contributed by atoms with van der Waals surface area (Å²) in [4.78, 5) is 11.4. The van der Waals surface area contributed by atoms with Crippen molar-refractivity contribution in [3.05, 3.63) is 0 Å². The lowest BCUT2D eigenvalue weighted by molar-refractivity contribution is -0.119. The molecule has 0 bridgehead atoms. The fourth-order valence-electron chi connectivity index (χ4n) is 1.54. The summed E-state index contributed by atoms with van der Waals surface area (Å²) in [6, 6.07) is 0.735. The minimum atomic E-state index is 0.429. The zero-order chi connectivity index (χ0) is 10.4. The van der Waals surface area contributed by atoms with Gasteiger partial charge in [-0.05, 0) is 25.2 Å². The lowest BCUT2D eigenvalue weighted by atomic mass is 10.0. The van der Waals surface area contributed by atoms with Crippen LogP contribution in [0.4, 0.5) is 0 Å². The summed E-state index contributed by atoms with van der Waals surface area (Å²) in [5.41, 5.74) is 0. The molecule has 0 saturated heterocycles. The van der Waals surface area contributed by atoms with Crippen molar-refractivity contribution in [2.45, 2.75) is 58.4 Å². The number of carbonyl (C=O) groups excluding carboxylic acids is 1. The zero-order valence-corrected chi connectivity index (χ0v) is 9.51. The van der Waals surface area contributed by atoms with Crippen LogP contribution in [-0.2, 0) is 4.79 Å². The van der Waals surface area contributed by atoms with E-state index in [1.807, 2.05) is 0 Å². The molecule has 2 heteroatoms. The summed E-state index contributed by atoms with van der Waals surface area (Å²) < 4.78 is 0. The van der Waals surface area contributed by atoms with Crippen LogP contribution in [0.15, 0.2) is 0 Å². The van der Waals surface area contributed by atoms with Crippen molar-refractivity contribution >= 4 is 5.78 Å². The zero-order valence-electron chi connectivity index (χ0n) is 9.51. The number of hydrogen-bond donors (Lipinski definition) is 1. The minimum absolute atomic E-state index is 0.429. The molecule has 0 spiro atoms. The van der Waals surface area contributed by atoms with Crippen molar-refractivity contribution in [3.63, 3.8) is 0 Å². The summed E-state index contributed by atoms with van der Waals surface area (Å²) in [6.07, 6.45) is 6.38. The molecule has 14 heavy (non-hydrogen) atoms. The van der Waals surface area contributed by atoms with Gasteiger partial charge in [0.1, 0.15) is 5.78 Å². The largest absolute Gasteiger partial charge is 0.314 e. The van der Waals surface area contributed by atoms with E-state index in [1.165, 1.54) is 19.3 Å². The van der Waals surface area contributed by atoms with Crippen LogP contribution in [0.2, 0.25) is 0 Å². The number of carbonyl (C=O) groups is 1. The lowest BCUT2D eigenvalue weighted by Crippen LogP contribution is -2.20. The summed E-state index contributed by atoms with van der Waals surface area (Å²) in [6.45, 7) is 5.31. The Bertz CT molecular complexity index is 163. The van der Waals surface area contributed by atoms with Gasteiger partial charge in [-0.25, -0.2) is 0 Å². The molecule has 0 heterocycles. The molecule has 1 fully saturated rings. The Hall–Kier alpha value is -0.370. The molecule has 1 rings (SSSR count). The van der Waals surface area contributed by atoms with E-state index in [0.29, 0.717) is 5.78 Å². The van der Waals surface area contributed by atoms with E-state index >= 15 is 0 Å². The van der Waals surface area contributed by atoms with Gasteiger partial charge in [0.2, 0.25) is 0 Å². The molecule has 1 aliphatic rings. The second kappa shape index (κ2) is 6.18. The molecule has 2 nitrogen and oxygen atoms in total. The van der Waals surface area contributed by atoms with Gasteiger partial charge in [0.15, 0.2) is 0 Å². The van der Waals surface area contributed by atoms with Crippen molar-refractivity contribution in [1.82, 2.24) is 5.32 Å². The van der Waals surface area contributed by atoms with Crippen LogP contribution in [0.3, 0.4) is 0 Å². The van der Waals surface area contributed by atoms with Crippen molar-refractivity contribution < 1.29 is 4.79 Å². The van der Waals surface area contributed by atoms with E-state index < -0.39 is 0 Å². The maximum absolute atomic E-state index is 11.4. The van der Waals surface area contributed by atoms with E-state index in [2.05, 4.69) is 19.2 Å². The highest BCUT2D eigenvalue weighted by Crippen LogP contribution is 2.18. The van der Waals surface area contributed by atoms with Gasteiger partial charge in [-0.3, -0.25) is 4.79 Å². The van der Waals surface area contributed by atoms with Gasteiger partial charge in [-0.2, -0.15) is 0 Å². The Morgan fingerprint density at radius 2 is 2.07 bits per heavy atom. The first-order valence-corrected chi connectivity index (χ1v) is 5.93.